The van der Waals surface area contributed by atoms with Gasteiger partial charge in [0.2, 0.25) is 0 Å². The van der Waals surface area contributed by atoms with Crippen LogP contribution in [0.2, 0.25) is 0 Å². The van der Waals surface area contributed by atoms with Crippen LogP contribution in [0.1, 0.15) is 47.5 Å². The van der Waals surface area contributed by atoms with Crippen LogP contribution in [-0.2, 0) is 19.2 Å². The van der Waals surface area contributed by atoms with Crippen LogP contribution >= 0.6 is 0 Å². The van der Waals surface area contributed by atoms with Crippen LogP contribution in [-0.4, -0.2) is 65.6 Å². The van der Waals surface area contributed by atoms with E-state index in [0.717, 1.165) is 27.7 Å². The molecule has 0 spiro atoms. The molecule has 0 saturated heterocycles. The van der Waals surface area contributed by atoms with Gasteiger partial charge in [-0.2, -0.15) is 0 Å². The molecule has 0 aromatic heterocycles. The Bertz CT molecular complexity index is 253. The van der Waals surface area contributed by atoms with Gasteiger partial charge in [-0.15, -0.1) is 0 Å². The van der Waals surface area contributed by atoms with Crippen molar-refractivity contribution in [3.63, 3.8) is 0 Å². The minimum absolute atomic E-state index is 0.00694. The van der Waals surface area contributed by atoms with E-state index >= 15 is 0 Å². The van der Waals surface area contributed by atoms with Crippen molar-refractivity contribution in [2.24, 2.45) is 0 Å². The molecule has 0 rings (SSSR count). The van der Waals surface area contributed by atoms with Gasteiger partial charge < -0.3 is 35.7 Å². The van der Waals surface area contributed by atoms with E-state index in [1.807, 2.05) is 0 Å². The Labute approximate surface area is 133 Å². The summed E-state index contributed by atoms with van der Waals surface area (Å²) in [5.41, 5.74) is 0. The first kappa shape index (κ1) is 32.6. The van der Waals surface area contributed by atoms with Crippen LogP contribution in [0.25, 0.3) is 0 Å². The van der Waals surface area contributed by atoms with E-state index in [9.17, 15) is 0 Å². The molecule has 0 aliphatic heterocycles. The van der Waals surface area contributed by atoms with Crippen molar-refractivity contribution in [3.05, 3.63) is 0 Å². The SMILES string of the molecule is CC(=O)O.CC(=O)O.CC(=O)O.CC(=O)O.CCCC(O)(O)O. The molecule has 11 nitrogen and oxygen atoms in total. The van der Waals surface area contributed by atoms with Crippen LogP contribution in [0.15, 0.2) is 0 Å². The highest BCUT2D eigenvalue weighted by Gasteiger charge is 2.14. The van der Waals surface area contributed by atoms with Crippen molar-refractivity contribution >= 4 is 23.9 Å². The van der Waals surface area contributed by atoms with E-state index in [1.165, 1.54) is 0 Å². The number of aliphatic carboxylic acids is 4. The summed E-state index contributed by atoms with van der Waals surface area (Å²) >= 11 is 0. The molecule has 0 atom stereocenters. The maximum Gasteiger partial charge on any atom is 0.300 e. The zero-order valence-corrected chi connectivity index (χ0v) is 13.7. The Morgan fingerprint density at radius 3 is 0.783 bits per heavy atom. The van der Waals surface area contributed by atoms with Crippen LogP contribution < -0.4 is 0 Å². The zero-order chi connectivity index (χ0) is 20.2. The first-order valence-electron chi connectivity index (χ1n) is 5.94. The van der Waals surface area contributed by atoms with Crippen molar-refractivity contribution < 1.29 is 54.9 Å². The largest absolute Gasteiger partial charge is 0.481 e. The first-order valence-corrected chi connectivity index (χ1v) is 5.94. The number of carboxylic acid groups (broad SMARTS) is 4. The quantitative estimate of drug-likeness (QED) is 0.325. The Hall–Kier alpha value is -2.24. The number of hydrogen-bond donors (Lipinski definition) is 7. The molecule has 0 unspecified atom stereocenters. The Balaban J connectivity index is -0.0000000604. The molecule has 0 saturated carbocycles. The van der Waals surface area contributed by atoms with E-state index in [1.54, 1.807) is 6.92 Å². The Morgan fingerprint density at radius 1 is 0.652 bits per heavy atom. The number of carbonyl (C=O) groups is 4. The highest BCUT2D eigenvalue weighted by molar-refractivity contribution is 5.63. The molecule has 0 amide bonds. The minimum atomic E-state index is -2.45. The van der Waals surface area contributed by atoms with E-state index in [-0.39, 0.29) is 6.42 Å². The van der Waals surface area contributed by atoms with Gasteiger partial charge in [0.15, 0.2) is 0 Å². The second-order valence-electron chi connectivity index (χ2n) is 3.60. The molecule has 23 heavy (non-hydrogen) atoms. The standard InChI is InChI=1S/C4H10O3.4C2H4O2/c1-2-3-4(5,6)7;4*1-2(3)4/h5-7H,2-3H2,1H3;4*1H3,(H,3,4). The summed E-state index contributed by atoms with van der Waals surface area (Å²) in [5, 5.41) is 54.1. The van der Waals surface area contributed by atoms with E-state index in [4.69, 9.17) is 54.9 Å². The number of aliphatic hydroxyl groups is 3. The lowest BCUT2D eigenvalue weighted by molar-refractivity contribution is -0.314. The second-order valence-corrected chi connectivity index (χ2v) is 3.60. The Morgan fingerprint density at radius 2 is 0.783 bits per heavy atom. The minimum Gasteiger partial charge on any atom is -0.481 e. The first-order chi connectivity index (χ1) is 9.99. The number of rotatable bonds is 2. The second kappa shape index (κ2) is 22.0. The highest BCUT2D eigenvalue weighted by Crippen LogP contribution is 2.01. The topological polar surface area (TPSA) is 210 Å². The zero-order valence-electron chi connectivity index (χ0n) is 13.7. The van der Waals surface area contributed by atoms with Gasteiger partial charge in [0.1, 0.15) is 0 Å². The normalized spacial score (nSPS) is 8.00. The third-order valence-corrected chi connectivity index (χ3v) is 0.585. The molecular weight excluding hydrogens is 320 g/mol. The van der Waals surface area contributed by atoms with E-state index in [2.05, 4.69) is 0 Å². The fraction of sp³-hybridized carbons (Fsp3) is 0.667. The predicted octanol–water partition coefficient (Wildman–Crippen LogP) is -0.219. The predicted molar refractivity (Wildman–Crippen MR) is 77.5 cm³/mol. The molecule has 0 aliphatic carbocycles. The average Bonchev–Trinajstić information content (AvgIpc) is 2.09. The van der Waals surface area contributed by atoms with Crippen LogP contribution in [0.3, 0.4) is 0 Å². The smallest absolute Gasteiger partial charge is 0.300 e. The molecule has 11 heteroatoms. The molecule has 140 valence electrons. The molecule has 0 aliphatic rings. The summed E-state index contributed by atoms with van der Waals surface area (Å²) in [4.78, 5) is 36.0. The third kappa shape index (κ3) is 2010. The fourth-order valence-electron chi connectivity index (χ4n) is 0.335. The molecule has 0 radical (unpaired) electrons. The van der Waals surface area contributed by atoms with Crippen molar-refractivity contribution in [1.29, 1.82) is 0 Å². The van der Waals surface area contributed by atoms with Crippen molar-refractivity contribution in [1.82, 2.24) is 0 Å². The lowest BCUT2D eigenvalue weighted by Gasteiger charge is -2.10. The lowest BCUT2D eigenvalue weighted by atomic mass is 10.3. The molecule has 0 heterocycles. The van der Waals surface area contributed by atoms with Gasteiger partial charge in [0, 0.05) is 34.1 Å². The maximum atomic E-state index is 9.00. The van der Waals surface area contributed by atoms with Crippen molar-refractivity contribution in [2.75, 3.05) is 0 Å². The summed E-state index contributed by atoms with van der Waals surface area (Å²) < 4.78 is 0. The molecule has 0 fully saturated rings. The fourth-order valence-corrected chi connectivity index (χ4v) is 0.335. The third-order valence-electron chi connectivity index (χ3n) is 0.585. The van der Waals surface area contributed by atoms with E-state index < -0.39 is 29.9 Å². The average molecular weight is 346 g/mol. The molecule has 0 aromatic rings. The highest BCUT2D eigenvalue weighted by atomic mass is 16.7. The number of carboxylic acids is 4. The maximum absolute atomic E-state index is 9.00. The lowest BCUT2D eigenvalue weighted by Crippen LogP contribution is -2.26. The van der Waals surface area contributed by atoms with Gasteiger partial charge in [0.25, 0.3) is 29.9 Å². The molecular formula is C12H26O11. The summed E-state index contributed by atoms with van der Waals surface area (Å²) in [6.07, 6.45) is 0.566. The van der Waals surface area contributed by atoms with Crippen LogP contribution in [0.4, 0.5) is 0 Å². The van der Waals surface area contributed by atoms with Gasteiger partial charge >= 0.3 is 0 Å². The molecule has 0 bridgehead atoms. The monoisotopic (exact) mass is 346 g/mol. The summed E-state index contributed by atoms with van der Waals surface area (Å²) in [5.74, 6) is -5.78. The van der Waals surface area contributed by atoms with Crippen molar-refractivity contribution in [2.45, 2.75) is 53.4 Å². The van der Waals surface area contributed by atoms with Gasteiger partial charge in [-0.25, -0.2) is 0 Å². The Kier molecular flexibility index (Phi) is 31.3. The summed E-state index contributed by atoms with van der Waals surface area (Å²) in [6.45, 7) is 6.08. The molecule has 7 N–H and O–H groups in total. The summed E-state index contributed by atoms with van der Waals surface area (Å²) in [6, 6.07) is 0. The number of hydrogen-bond acceptors (Lipinski definition) is 7. The molecule has 0 aromatic carbocycles. The van der Waals surface area contributed by atoms with Crippen LogP contribution in [0, 0.1) is 0 Å². The van der Waals surface area contributed by atoms with E-state index in [0.29, 0.717) is 6.42 Å². The van der Waals surface area contributed by atoms with Gasteiger partial charge in [-0.3, -0.25) is 19.2 Å². The van der Waals surface area contributed by atoms with Gasteiger partial charge in [-0.05, 0) is 6.42 Å². The van der Waals surface area contributed by atoms with Crippen molar-refractivity contribution in [3.8, 4) is 0 Å². The van der Waals surface area contributed by atoms with Gasteiger partial charge in [-0.1, -0.05) is 6.92 Å². The van der Waals surface area contributed by atoms with Crippen LogP contribution in [0.5, 0.6) is 0 Å². The summed E-state index contributed by atoms with van der Waals surface area (Å²) in [7, 11) is 0. The van der Waals surface area contributed by atoms with Gasteiger partial charge in [0.05, 0.1) is 0 Å².